The second-order valence-electron chi connectivity index (χ2n) is 4.23. The number of benzene rings is 1. The molecule has 1 heterocycles. The summed E-state index contributed by atoms with van der Waals surface area (Å²) in [6.45, 7) is 0. The molecule has 2 aromatic rings. The number of hydrogen-bond acceptors (Lipinski definition) is 3. The van der Waals surface area contributed by atoms with Gasteiger partial charge in [0, 0.05) is 28.0 Å². The van der Waals surface area contributed by atoms with Gasteiger partial charge >= 0.3 is 6.18 Å². The van der Waals surface area contributed by atoms with Crippen molar-refractivity contribution in [1.82, 2.24) is 10.4 Å². The number of nitrogens with one attached hydrogen (secondary N) is 1. The lowest BCUT2D eigenvalue weighted by molar-refractivity contribution is -0.138. The van der Waals surface area contributed by atoms with Crippen molar-refractivity contribution in [2.75, 3.05) is 0 Å². The Morgan fingerprint density at radius 2 is 1.90 bits per heavy atom. The van der Waals surface area contributed by atoms with E-state index in [2.05, 4.69) is 26.3 Å². The number of rotatable bonds is 3. The maximum absolute atomic E-state index is 13.9. The second kappa shape index (κ2) is 6.08. The van der Waals surface area contributed by atoms with Crippen molar-refractivity contribution < 1.29 is 17.6 Å². The summed E-state index contributed by atoms with van der Waals surface area (Å²) in [4.78, 5) is 3.68. The highest BCUT2D eigenvalue weighted by atomic mass is 79.9. The van der Waals surface area contributed by atoms with Gasteiger partial charge in [0.15, 0.2) is 0 Å². The van der Waals surface area contributed by atoms with E-state index in [1.165, 1.54) is 12.1 Å². The number of hydrogen-bond donors (Lipinski definition) is 2. The Morgan fingerprint density at radius 1 is 1.19 bits per heavy atom. The fourth-order valence-electron chi connectivity index (χ4n) is 1.98. The normalized spacial score (nSPS) is 13.2. The number of aromatic nitrogens is 1. The third kappa shape index (κ3) is 3.39. The molecule has 1 aromatic carbocycles. The van der Waals surface area contributed by atoms with Crippen LogP contribution >= 0.6 is 15.9 Å². The van der Waals surface area contributed by atoms with Crippen molar-refractivity contribution in [3.63, 3.8) is 0 Å². The maximum Gasteiger partial charge on any atom is 0.416 e. The van der Waals surface area contributed by atoms with Gasteiger partial charge in [0.05, 0.1) is 11.6 Å². The minimum atomic E-state index is -4.59. The van der Waals surface area contributed by atoms with Crippen molar-refractivity contribution in [2.45, 2.75) is 12.2 Å². The minimum Gasteiger partial charge on any atom is -0.271 e. The van der Waals surface area contributed by atoms with E-state index in [0.29, 0.717) is 4.47 Å². The molecule has 8 heteroatoms. The van der Waals surface area contributed by atoms with Crippen LogP contribution in [0.5, 0.6) is 0 Å². The van der Waals surface area contributed by atoms with Crippen LogP contribution in [0, 0.1) is 5.82 Å². The molecule has 0 aliphatic rings. The molecular formula is C13H10BrF4N3. The Balaban J connectivity index is 2.60. The topological polar surface area (TPSA) is 50.9 Å². The van der Waals surface area contributed by atoms with Crippen LogP contribution in [-0.2, 0) is 6.18 Å². The van der Waals surface area contributed by atoms with Crippen molar-refractivity contribution in [3.05, 3.63) is 63.6 Å². The van der Waals surface area contributed by atoms with Crippen molar-refractivity contribution in [3.8, 4) is 0 Å². The smallest absolute Gasteiger partial charge is 0.271 e. The van der Waals surface area contributed by atoms with Gasteiger partial charge in [0.1, 0.15) is 5.82 Å². The molecule has 0 spiro atoms. The molecule has 0 saturated carbocycles. The summed E-state index contributed by atoms with van der Waals surface area (Å²) in [5.41, 5.74) is 1.04. The molecule has 2 rings (SSSR count). The Kier molecular flexibility index (Phi) is 4.60. The van der Waals surface area contributed by atoms with Gasteiger partial charge in [-0.25, -0.2) is 9.82 Å². The minimum absolute atomic E-state index is 0.00891. The van der Waals surface area contributed by atoms with Gasteiger partial charge in [-0.05, 0) is 24.3 Å². The van der Waals surface area contributed by atoms with Crippen LogP contribution in [-0.4, -0.2) is 4.98 Å². The van der Waals surface area contributed by atoms with Gasteiger partial charge in [-0.1, -0.05) is 15.9 Å². The SMILES string of the molecule is NNC(c1cc(Br)ccc1F)c1cnccc1C(F)(F)F. The van der Waals surface area contributed by atoms with Gasteiger partial charge in [0.2, 0.25) is 0 Å². The van der Waals surface area contributed by atoms with E-state index in [4.69, 9.17) is 5.84 Å². The highest BCUT2D eigenvalue weighted by Crippen LogP contribution is 2.36. The Hall–Kier alpha value is -1.51. The third-order valence-electron chi connectivity index (χ3n) is 2.90. The highest BCUT2D eigenvalue weighted by Gasteiger charge is 2.36. The van der Waals surface area contributed by atoms with Crippen molar-refractivity contribution >= 4 is 15.9 Å². The fraction of sp³-hybridized carbons (Fsp3) is 0.154. The fourth-order valence-corrected chi connectivity index (χ4v) is 2.36. The van der Waals surface area contributed by atoms with Crippen LogP contribution in [0.2, 0.25) is 0 Å². The molecule has 0 bridgehead atoms. The lowest BCUT2D eigenvalue weighted by atomic mass is 9.96. The number of pyridine rings is 1. The number of nitrogens with zero attached hydrogens (tertiary/aromatic N) is 1. The average Bonchev–Trinajstić information content (AvgIpc) is 2.43. The van der Waals surface area contributed by atoms with E-state index in [-0.39, 0.29) is 11.1 Å². The zero-order valence-corrected chi connectivity index (χ0v) is 12.0. The number of alkyl halides is 3. The van der Waals surface area contributed by atoms with Crippen LogP contribution in [0.4, 0.5) is 17.6 Å². The Labute approximate surface area is 126 Å². The first-order chi connectivity index (χ1) is 9.84. The summed E-state index contributed by atoms with van der Waals surface area (Å²) >= 11 is 3.15. The molecule has 3 N–H and O–H groups in total. The lowest BCUT2D eigenvalue weighted by Crippen LogP contribution is -2.31. The van der Waals surface area contributed by atoms with Crippen molar-refractivity contribution in [1.29, 1.82) is 0 Å². The van der Waals surface area contributed by atoms with E-state index >= 15 is 0 Å². The van der Waals surface area contributed by atoms with E-state index in [1.54, 1.807) is 0 Å². The van der Waals surface area contributed by atoms with Crippen LogP contribution in [0.1, 0.15) is 22.7 Å². The summed E-state index contributed by atoms with van der Waals surface area (Å²) in [5, 5.41) is 0. The monoisotopic (exact) mass is 363 g/mol. The largest absolute Gasteiger partial charge is 0.416 e. The van der Waals surface area contributed by atoms with E-state index in [9.17, 15) is 17.6 Å². The molecule has 0 aliphatic carbocycles. The first kappa shape index (κ1) is 15.9. The molecule has 3 nitrogen and oxygen atoms in total. The second-order valence-corrected chi connectivity index (χ2v) is 5.14. The summed E-state index contributed by atoms with van der Waals surface area (Å²) in [7, 11) is 0. The average molecular weight is 364 g/mol. The van der Waals surface area contributed by atoms with Crippen LogP contribution in [0.25, 0.3) is 0 Å². The first-order valence-electron chi connectivity index (χ1n) is 5.76. The molecule has 0 radical (unpaired) electrons. The van der Waals surface area contributed by atoms with Crippen molar-refractivity contribution in [2.24, 2.45) is 5.84 Å². The predicted molar refractivity (Wildman–Crippen MR) is 72.5 cm³/mol. The lowest BCUT2D eigenvalue weighted by Gasteiger charge is -2.21. The van der Waals surface area contributed by atoms with Gasteiger partial charge in [-0.3, -0.25) is 10.8 Å². The number of halogens is 5. The Bertz CT molecular complexity index is 646. The summed E-state index contributed by atoms with van der Waals surface area (Å²) < 4.78 is 53.6. The third-order valence-corrected chi connectivity index (χ3v) is 3.40. The molecular weight excluding hydrogens is 354 g/mol. The molecule has 0 amide bonds. The maximum atomic E-state index is 13.9. The first-order valence-corrected chi connectivity index (χ1v) is 6.56. The van der Waals surface area contributed by atoms with Gasteiger partial charge in [-0.15, -0.1) is 0 Å². The summed E-state index contributed by atoms with van der Waals surface area (Å²) in [5.74, 6) is 4.67. The zero-order chi connectivity index (χ0) is 15.6. The van der Waals surface area contributed by atoms with E-state index < -0.39 is 23.6 Å². The Morgan fingerprint density at radius 3 is 2.52 bits per heavy atom. The molecule has 0 saturated heterocycles. The predicted octanol–water partition coefficient (Wildman–Crippen LogP) is 3.55. The molecule has 21 heavy (non-hydrogen) atoms. The van der Waals surface area contributed by atoms with Gasteiger partial charge in [-0.2, -0.15) is 13.2 Å². The van der Waals surface area contributed by atoms with Gasteiger partial charge in [0.25, 0.3) is 0 Å². The van der Waals surface area contributed by atoms with E-state index in [1.807, 2.05) is 0 Å². The highest BCUT2D eigenvalue weighted by molar-refractivity contribution is 9.10. The number of hydrazine groups is 1. The van der Waals surface area contributed by atoms with Crippen LogP contribution in [0.15, 0.2) is 41.1 Å². The molecule has 112 valence electrons. The quantitative estimate of drug-likeness (QED) is 0.498. The van der Waals surface area contributed by atoms with Crippen LogP contribution < -0.4 is 11.3 Å². The molecule has 1 aromatic heterocycles. The molecule has 0 aliphatic heterocycles. The van der Waals surface area contributed by atoms with Gasteiger partial charge < -0.3 is 0 Å². The van der Waals surface area contributed by atoms with E-state index in [0.717, 1.165) is 24.5 Å². The van der Waals surface area contributed by atoms with Crippen LogP contribution in [0.3, 0.4) is 0 Å². The summed E-state index contributed by atoms with van der Waals surface area (Å²) in [6.07, 6.45) is -2.54. The number of nitrogens with two attached hydrogens (primary N) is 1. The zero-order valence-electron chi connectivity index (χ0n) is 10.5. The molecule has 0 fully saturated rings. The molecule has 1 atom stereocenters. The molecule has 1 unspecified atom stereocenters. The standard InChI is InChI=1S/C13H10BrF4N3/c14-7-1-2-11(15)8(5-7)12(21-19)9-6-20-4-3-10(9)13(16,17)18/h1-6,12,21H,19H2. The summed E-state index contributed by atoms with van der Waals surface area (Å²) in [6, 6.07) is 3.61.